The SMILES string of the molecule is CN(Cc1cccc(F)c1Cl)CC(O)C1CC1. The van der Waals surface area contributed by atoms with Gasteiger partial charge >= 0.3 is 0 Å². The van der Waals surface area contributed by atoms with Gasteiger partial charge in [0, 0.05) is 13.1 Å². The summed E-state index contributed by atoms with van der Waals surface area (Å²) in [6.45, 7) is 1.16. The van der Waals surface area contributed by atoms with E-state index >= 15 is 0 Å². The van der Waals surface area contributed by atoms with E-state index in [0.29, 0.717) is 19.0 Å². The first-order chi connectivity index (χ1) is 8.08. The predicted octanol–water partition coefficient (Wildman–Crippen LogP) is 2.68. The Labute approximate surface area is 106 Å². The number of halogens is 2. The molecular formula is C13H17ClFNO. The molecule has 1 aliphatic rings. The van der Waals surface area contributed by atoms with Crippen molar-refractivity contribution in [2.24, 2.45) is 5.92 Å². The molecule has 0 radical (unpaired) electrons. The lowest BCUT2D eigenvalue weighted by atomic mass is 10.2. The van der Waals surface area contributed by atoms with Gasteiger partial charge in [-0.3, -0.25) is 4.90 Å². The molecule has 1 saturated carbocycles. The standard InChI is InChI=1S/C13H17ClFNO/c1-16(8-12(17)9-5-6-9)7-10-3-2-4-11(15)13(10)14/h2-4,9,12,17H,5-8H2,1H3. The van der Waals surface area contributed by atoms with Crippen LogP contribution in [0.15, 0.2) is 18.2 Å². The van der Waals surface area contributed by atoms with Crippen LogP contribution in [0.25, 0.3) is 0 Å². The molecule has 0 spiro atoms. The molecule has 0 bridgehead atoms. The number of nitrogens with zero attached hydrogens (tertiary/aromatic N) is 1. The fraction of sp³-hybridized carbons (Fsp3) is 0.538. The second-order valence-electron chi connectivity index (χ2n) is 4.81. The van der Waals surface area contributed by atoms with Crippen LogP contribution in [0.5, 0.6) is 0 Å². The van der Waals surface area contributed by atoms with Gasteiger partial charge in [-0.25, -0.2) is 4.39 Å². The molecule has 4 heteroatoms. The molecule has 0 saturated heterocycles. The minimum absolute atomic E-state index is 0.181. The minimum Gasteiger partial charge on any atom is -0.392 e. The molecule has 0 aromatic heterocycles. The Morgan fingerprint density at radius 1 is 1.53 bits per heavy atom. The molecule has 1 aromatic carbocycles. The molecule has 1 unspecified atom stereocenters. The quantitative estimate of drug-likeness (QED) is 0.877. The Kier molecular flexibility index (Phi) is 4.02. The van der Waals surface area contributed by atoms with Gasteiger partial charge < -0.3 is 5.11 Å². The number of likely N-dealkylation sites (N-methyl/N-ethyl adjacent to an activating group) is 1. The van der Waals surface area contributed by atoms with Crippen LogP contribution in [0.1, 0.15) is 18.4 Å². The van der Waals surface area contributed by atoms with Crippen LogP contribution in [0.3, 0.4) is 0 Å². The zero-order chi connectivity index (χ0) is 12.4. The zero-order valence-corrected chi connectivity index (χ0v) is 10.6. The summed E-state index contributed by atoms with van der Waals surface area (Å²) >= 11 is 5.88. The average molecular weight is 258 g/mol. The van der Waals surface area contributed by atoms with Crippen LogP contribution in [-0.4, -0.2) is 29.7 Å². The van der Waals surface area contributed by atoms with Crippen molar-refractivity contribution in [3.63, 3.8) is 0 Å². The van der Waals surface area contributed by atoms with E-state index in [0.717, 1.165) is 18.4 Å². The highest BCUT2D eigenvalue weighted by Gasteiger charge is 2.30. The molecular weight excluding hydrogens is 241 g/mol. The van der Waals surface area contributed by atoms with Gasteiger partial charge in [0.15, 0.2) is 0 Å². The number of aliphatic hydroxyl groups is 1. The van der Waals surface area contributed by atoms with Gasteiger partial charge in [0.25, 0.3) is 0 Å². The van der Waals surface area contributed by atoms with Gasteiger partial charge in [-0.15, -0.1) is 0 Å². The van der Waals surface area contributed by atoms with Crippen LogP contribution in [-0.2, 0) is 6.54 Å². The first-order valence-electron chi connectivity index (χ1n) is 5.87. The van der Waals surface area contributed by atoms with Crippen LogP contribution < -0.4 is 0 Å². The van der Waals surface area contributed by atoms with E-state index in [4.69, 9.17) is 11.6 Å². The lowest BCUT2D eigenvalue weighted by Gasteiger charge is -2.21. The zero-order valence-electron chi connectivity index (χ0n) is 9.87. The third kappa shape index (κ3) is 3.41. The molecule has 0 aliphatic heterocycles. The molecule has 1 fully saturated rings. The van der Waals surface area contributed by atoms with Crippen molar-refractivity contribution in [3.8, 4) is 0 Å². The molecule has 17 heavy (non-hydrogen) atoms. The monoisotopic (exact) mass is 257 g/mol. The highest BCUT2D eigenvalue weighted by Crippen LogP contribution is 2.33. The lowest BCUT2D eigenvalue weighted by Crippen LogP contribution is -2.30. The van der Waals surface area contributed by atoms with Gasteiger partial charge in [0.2, 0.25) is 0 Å². The van der Waals surface area contributed by atoms with Crippen molar-refractivity contribution in [1.29, 1.82) is 0 Å². The molecule has 94 valence electrons. The maximum absolute atomic E-state index is 13.2. The molecule has 2 nitrogen and oxygen atoms in total. The van der Waals surface area contributed by atoms with Crippen LogP contribution in [0.2, 0.25) is 5.02 Å². The maximum atomic E-state index is 13.2. The molecule has 2 rings (SSSR count). The summed E-state index contributed by atoms with van der Waals surface area (Å²) < 4.78 is 13.2. The van der Waals surface area contributed by atoms with Crippen molar-refractivity contribution in [3.05, 3.63) is 34.6 Å². The first kappa shape index (κ1) is 12.8. The first-order valence-corrected chi connectivity index (χ1v) is 6.25. The predicted molar refractivity (Wildman–Crippen MR) is 66.5 cm³/mol. The van der Waals surface area contributed by atoms with E-state index in [1.807, 2.05) is 18.0 Å². The third-order valence-corrected chi connectivity index (χ3v) is 3.56. The van der Waals surface area contributed by atoms with Gasteiger partial charge in [-0.05, 0) is 37.4 Å². The van der Waals surface area contributed by atoms with Crippen molar-refractivity contribution < 1.29 is 9.50 Å². The summed E-state index contributed by atoms with van der Waals surface area (Å²) in [5, 5.41) is 9.99. The molecule has 0 amide bonds. The van der Waals surface area contributed by atoms with E-state index in [1.165, 1.54) is 6.07 Å². The van der Waals surface area contributed by atoms with Gasteiger partial charge in [0.05, 0.1) is 11.1 Å². The molecule has 1 N–H and O–H groups in total. The Hall–Kier alpha value is -0.640. The van der Waals surface area contributed by atoms with Crippen molar-refractivity contribution >= 4 is 11.6 Å². The summed E-state index contributed by atoms with van der Waals surface area (Å²) in [5.74, 6) is 0.0701. The summed E-state index contributed by atoms with van der Waals surface area (Å²) in [6.07, 6.45) is 1.97. The maximum Gasteiger partial charge on any atom is 0.142 e. The number of rotatable bonds is 5. The molecule has 0 heterocycles. The van der Waals surface area contributed by atoms with E-state index in [-0.39, 0.29) is 16.9 Å². The van der Waals surface area contributed by atoms with E-state index in [2.05, 4.69) is 0 Å². The number of aliphatic hydroxyl groups excluding tert-OH is 1. The number of hydrogen-bond donors (Lipinski definition) is 1. The van der Waals surface area contributed by atoms with E-state index in [1.54, 1.807) is 6.07 Å². The Morgan fingerprint density at radius 3 is 2.88 bits per heavy atom. The summed E-state index contributed by atoms with van der Waals surface area (Å²) in [4.78, 5) is 1.98. The van der Waals surface area contributed by atoms with Crippen LogP contribution >= 0.6 is 11.6 Å². The number of hydrogen-bond acceptors (Lipinski definition) is 2. The van der Waals surface area contributed by atoms with Crippen molar-refractivity contribution in [1.82, 2.24) is 4.90 Å². The highest BCUT2D eigenvalue weighted by atomic mass is 35.5. The topological polar surface area (TPSA) is 23.5 Å². The average Bonchev–Trinajstić information content (AvgIpc) is 3.08. The van der Waals surface area contributed by atoms with Crippen LogP contribution in [0.4, 0.5) is 4.39 Å². The summed E-state index contributed by atoms with van der Waals surface area (Å²) in [5.41, 5.74) is 0.761. The Balaban J connectivity index is 1.92. The second-order valence-corrected chi connectivity index (χ2v) is 5.19. The largest absolute Gasteiger partial charge is 0.392 e. The normalized spacial score (nSPS) is 17.5. The van der Waals surface area contributed by atoms with Gasteiger partial charge in [-0.2, -0.15) is 0 Å². The van der Waals surface area contributed by atoms with Crippen molar-refractivity contribution in [2.75, 3.05) is 13.6 Å². The molecule has 1 aliphatic carbocycles. The van der Waals surface area contributed by atoms with Gasteiger partial charge in [-0.1, -0.05) is 23.7 Å². The summed E-state index contributed by atoms with van der Waals surface area (Å²) in [7, 11) is 1.91. The fourth-order valence-electron chi connectivity index (χ4n) is 1.98. The minimum atomic E-state index is -0.389. The fourth-order valence-corrected chi connectivity index (χ4v) is 2.16. The van der Waals surface area contributed by atoms with Crippen LogP contribution in [0, 0.1) is 11.7 Å². The second kappa shape index (κ2) is 5.34. The molecule has 1 atom stereocenters. The Bertz CT molecular complexity index is 395. The highest BCUT2D eigenvalue weighted by molar-refractivity contribution is 6.31. The molecule has 1 aromatic rings. The van der Waals surface area contributed by atoms with Crippen molar-refractivity contribution in [2.45, 2.75) is 25.5 Å². The Morgan fingerprint density at radius 2 is 2.24 bits per heavy atom. The van der Waals surface area contributed by atoms with E-state index < -0.39 is 0 Å². The lowest BCUT2D eigenvalue weighted by molar-refractivity contribution is 0.104. The smallest absolute Gasteiger partial charge is 0.142 e. The van der Waals surface area contributed by atoms with E-state index in [9.17, 15) is 9.50 Å². The third-order valence-electron chi connectivity index (χ3n) is 3.14. The number of benzene rings is 1. The summed E-state index contributed by atoms with van der Waals surface area (Å²) in [6, 6.07) is 4.82. The van der Waals surface area contributed by atoms with Gasteiger partial charge in [0.1, 0.15) is 5.82 Å².